The molecule has 0 fully saturated rings. The number of fused-ring (bicyclic) bond motifs is 3. The van der Waals surface area contributed by atoms with Gasteiger partial charge in [-0.2, -0.15) is 0 Å². The first-order valence-corrected chi connectivity index (χ1v) is 9.97. The van der Waals surface area contributed by atoms with Crippen LogP contribution in [0.15, 0.2) is 40.9 Å². The second kappa shape index (κ2) is 6.78. The Balaban J connectivity index is 1.87. The van der Waals surface area contributed by atoms with E-state index in [1.54, 1.807) is 13.8 Å². The van der Waals surface area contributed by atoms with Crippen LogP contribution in [0.4, 0.5) is 5.69 Å². The monoisotopic (exact) mass is 395 g/mol. The predicted molar refractivity (Wildman–Crippen MR) is 96.9 cm³/mol. The van der Waals surface area contributed by atoms with Crippen molar-refractivity contribution in [2.75, 3.05) is 18.3 Å². The fourth-order valence-electron chi connectivity index (χ4n) is 2.85. The van der Waals surface area contributed by atoms with E-state index >= 15 is 0 Å². The molecule has 0 saturated carbocycles. The molecule has 2 aromatic rings. The molecule has 1 N–H and O–H groups in total. The second-order valence-electron chi connectivity index (χ2n) is 5.29. The first kappa shape index (κ1) is 16.7. The molecule has 23 heavy (non-hydrogen) atoms. The first-order valence-electron chi connectivity index (χ1n) is 7.64. The van der Waals surface area contributed by atoms with Crippen LogP contribution in [0.3, 0.4) is 0 Å². The topological polar surface area (TPSA) is 47.6 Å². The third-order valence-electron chi connectivity index (χ3n) is 3.71. The van der Waals surface area contributed by atoms with Crippen molar-refractivity contribution in [2.45, 2.75) is 20.3 Å². The molecule has 2 aromatic carbocycles. The van der Waals surface area contributed by atoms with Gasteiger partial charge in [-0.3, -0.25) is 14.1 Å². The van der Waals surface area contributed by atoms with Gasteiger partial charge in [-0.05, 0) is 66.8 Å². The highest BCUT2D eigenvalue weighted by molar-refractivity contribution is 9.10. The summed E-state index contributed by atoms with van der Waals surface area (Å²) in [7, 11) is -3.31. The highest BCUT2D eigenvalue weighted by Gasteiger charge is 2.25. The third kappa shape index (κ3) is 3.53. The van der Waals surface area contributed by atoms with Crippen LogP contribution in [-0.4, -0.2) is 13.2 Å². The van der Waals surface area contributed by atoms with Crippen LogP contribution in [0, 0.1) is 0 Å². The van der Waals surface area contributed by atoms with E-state index in [0.29, 0.717) is 13.2 Å². The Morgan fingerprint density at radius 1 is 1.04 bits per heavy atom. The molecular weight excluding hydrogens is 377 g/mol. The Morgan fingerprint density at radius 2 is 1.65 bits per heavy atom. The summed E-state index contributed by atoms with van der Waals surface area (Å²) in [5.41, 5.74) is 5.74. The van der Waals surface area contributed by atoms with Crippen molar-refractivity contribution in [3.63, 3.8) is 0 Å². The van der Waals surface area contributed by atoms with E-state index in [-0.39, 0.29) is 0 Å². The molecule has 0 spiro atoms. The minimum Gasteiger partial charge on any atom is -0.293 e. The summed E-state index contributed by atoms with van der Waals surface area (Å²) in [6.07, 6.45) is 0.868. The van der Waals surface area contributed by atoms with Gasteiger partial charge in [0.15, 0.2) is 0 Å². The minimum atomic E-state index is -3.31. The smallest absolute Gasteiger partial charge is 0.293 e. The SMILES string of the molecule is CCOP(=O)(Nc1ccc2c(c1)Cc1cc(Br)ccc1-2)OCC. The summed E-state index contributed by atoms with van der Waals surface area (Å²) in [6.45, 7) is 4.25. The number of halogens is 1. The van der Waals surface area contributed by atoms with E-state index in [0.717, 1.165) is 16.6 Å². The molecule has 0 unspecified atom stereocenters. The van der Waals surface area contributed by atoms with Crippen molar-refractivity contribution in [3.8, 4) is 11.1 Å². The zero-order valence-electron chi connectivity index (χ0n) is 13.1. The molecule has 0 saturated heterocycles. The molecular formula is C17H19BrNO3P. The molecule has 3 rings (SSSR count). The van der Waals surface area contributed by atoms with Gasteiger partial charge in [0.2, 0.25) is 0 Å². The largest absolute Gasteiger partial charge is 0.432 e. The zero-order chi connectivity index (χ0) is 16.4. The first-order chi connectivity index (χ1) is 11.0. The Labute approximate surface area is 144 Å². The van der Waals surface area contributed by atoms with Gasteiger partial charge < -0.3 is 0 Å². The van der Waals surface area contributed by atoms with Crippen LogP contribution in [0.5, 0.6) is 0 Å². The van der Waals surface area contributed by atoms with Crippen LogP contribution in [0.25, 0.3) is 11.1 Å². The van der Waals surface area contributed by atoms with Crippen molar-refractivity contribution in [1.29, 1.82) is 0 Å². The van der Waals surface area contributed by atoms with Crippen LogP contribution in [0.1, 0.15) is 25.0 Å². The van der Waals surface area contributed by atoms with Gasteiger partial charge in [-0.1, -0.05) is 28.1 Å². The maximum Gasteiger partial charge on any atom is 0.432 e. The van der Waals surface area contributed by atoms with Crippen LogP contribution in [-0.2, 0) is 20.0 Å². The average Bonchev–Trinajstić information content (AvgIpc) is 2.83. The lowest BCUT2D eigenvalue weighted by Gasteiger charge is -2.19. The van der Waals surface area contributed by atoms with Crippen molar-refractivity contribution >= 4 is 29.4 Å². The highest BCUT2D eigenvalue weighted by atomic mass is 79.9. The van der Waals surface area contributed by atoms with Crippen molar-refractivity contribution in [2.24, 2.45) is 0 Å². The number of hydrogen-bond donors (Lipinski definition) is 1. The van der Waals surface area contributed by atoms with Crippen molar-refractivity contribution < 1.29 is 13.6 Å². The summed E-state index contributed by atoms with van der Waals surface area (Å²) < 4.78 is 24.2. The van der Waals surface area contributed by atoms with Crippen LogP contribution >= 0.6 is 23.7 Å². The summed E-state index contributed by atoms with van der Waals surface area (Å²) >= 11 is 3.52. The molecule has 0 aromatic heterocycles. The van der Waals surface area contributed by atoms with E-state index in [4.69, 9.17) is 9.05 Å². The molecule has 0 heterocycles. The van der Waals surface area contributed by atoms with E-state index in [1.807, 2.05) is 12.1 Å². The molecule has 6 heteroatoms. The fraction of sp³-hybridized carbons (Fsp3) is 0.294. The van der Waals surface area contributed by atoms with Gasteiger partial charge in [-0.25, -0.2) is 4.57 Å². The van der Waals surface area contributed by atoms with Gasteiger partial charge in [0.05, 0.1) is 13.2 Å². The Kier molecular flexibility index (Phi) is 4.93. The van der Waals surface area contributed by atoms with Gasteiger partial charge in [0.1, 0.15) is 0 Å². The molecule has 122 valence electrons. The van der Waals surface area contributed by atoms with Crippen LogP contribution < -0.4 is 5.09 Å². The average molecular weight is 396 g/mol. The quantitative estimate of drug-likeness (QED) is 0.550. The Morgan fingerprint density at radius 3 is 2.30 bits per heavy atom. The second-order valence-corrected chi connectivity index (χ2v) is 7.95. The van der Waals surface area contributed by atoms with E-state index in [9.17, 15) is 4.57 Å². The van der Waals surface area contributed by atoms with Crippen molar-refractivity contribution in [3.05, 3.63) is 52.0 Å². The summed E-state index contributed by atoms with van der Waals surface area (Å²) in [4.78, 5) is 0. The van der Waals surface area contributed by atoms with E-state index in [2.05, 4.69) is 45.3 Å². The summed E-state index contributed by atoms with van der Waals surface area (Å²) in [6, 6.07) is 12.3. The molecule has 0 radical (unpaired) electrons. The van der Waals surface area contributed by atoms with E-state index in [1.165, 1.54) is 22.3 Å². The summed E-state index contributed by atoms with van der Waals surface area (Å²) in [5, 5.41) is 2.93. The predicted octanol–water partition coefficient (Wildman–Crippen LogP) is 5.61. The Bertz CT molecular complexity index is 768. The zero-order valence-corrected chi connectivity index (χ0v) is 15.6. The highest BCUT2D eigenvalue weighted by Crippen LogP contribution is 2.48. The standard InChI is InChI=1S/C17H19BrNO3P/c1-3-21-23(20,22-4-2)19-15-6-8-17-13(11-15)9-12-10-14(18)5-7-16(12)17/h5-8,10-11H,3-4,9H2,1-2H3,(H,19,20). The summed E-state index contributed by atoms with van der Waals surface area (Å²) in [5.74, 6) is 0. The van der Waals surface area contributed by atoms with E-state index < -0.39 is 7.75 Å². The number of nitrogens with one attached hydrogen (secondary N) is 1. The number of rotatable bonds is 6. The van der Waals surface area contributed by atoms with Gasteiger partial charge in [-0.15, -0.1) is 0 Å². The molecule has 0 aliphatic heterocycles. The minimum absolute atomic E-state index is 0.328. The maximum atomic E-state index is 12.6. The third-order valence-corrected chi connectivity index (χ3v) is 5.93. The maximum absolute atomic E-state index is 12.6. The molecule has 1 aliphatic carbocycles. The lowest BCUT2D eigenvalue weighted by Crippen LogP contribution is -2.05. The normalized spacial score (nSPS) is 12.8. The van der Waals surface area contributed by atoms with Gasteiger partial charge in [0, 0.05) is 10.2 Å². The molecule has 4 nitrogen and oxygen atoms in total. The number of hydrogen-bond acceptors (Lipinski definition) is 3. The molecule has 0 bridgehead atoms. The molecule has 1 aliphatic rings. The lowest BCUT2D eigenvalue weighted by molar-refractivity contribution is 0.225. The van der Waals surface area contributed by atoms with Crippen LogP contribution in [0.2, 0.25) is 0 Å². The lowest BCUT2D eigenvalue weighted by atomic mass is 10.1. The molecule has 0 amide bonds. The Hall–Kier alpha value is -1.13. The number of benzene rings is 2. The van der Waals surface area contributed by atoms with Gasteiger partial charge >= 0.3 is 7.75 Å². The van der Waals surface area contributed by atoms with Gasteiger partial charge in [0.25, 0.3) is 0 Å². The number of anilines is 1. The van der Waals surface area contributed by atoms with Crippen molar-refractivity contribution in [1.82, 2.24) is 0 Å². The molecule has 0 atom stereocenters. The fourth-order valence-corrected chi connectivity index (χ4v) is 4.60.